The molecule has 14 nitrogen and oxygen atoms in total. The smallest absolute Gasteiger partial charge is 0.329 e. The van der Waals surface area contributed by atoms with Crippen molar-refractivity contribution in [2.24, 2.45) is 40.7 Å². The van der Waals surface area contributed by atoms with Crippen molar-refractivity contribution in [1.82, 2.24) is 4.90 Å². The van der Waals surface area contributed by atoms with E-state index in [1.54, 1.807) is 21.1 Å². The van der Waals surface area contributed by atoms with Crippen LogP contribution in [-0.2, 0) is 42.9 Å². The van der Waals surface area contributed by atoms with Gasteiger partial charge in [0.05, 0.1) is 30.1 Å². The molecule has 0 unspecified atom stereocenters. The summed E-state index contributed by atoms with van der Waals surface area (Å²) in [5.41, 5.74) is 2.13. The van der Waals surface area contributed by atoms with Crippen LogP contribution in [0.5, 0.6) is 0 Å². The van der Waals surface area contributed by atoms with Gasteiger partial charge in [0.2, 0.25) is 5.79 Å². The molecular weight excluding hydrogens is 869 g/mol. The number of esters is 1. The molecule has 4 rings (SSSR count). The zero-order valence-electron chi connectivity index (χ0n) is 42.6. The van der Waals surface area contributed by atoms with Crippen LogP contribution in [0.2, 0.25) is 0 Å². The van der Waals surface area contributed by atoms with Gasteiger partial charge in [0.1, 0.15) is 24.4 Å². The molecule has 3 fully saturated rings. The number of piperidine rings is 1. The number of cyclic esters (lactones) is 1. The van der Waals surface area contributed by atoms with Crippen LogP contribution in [0.15, 0.2) is 52.8 Å². The zero-order valence-corrected chi connectivity index (χ0v) is 42.6. The van der Waals surface area contributed by atoms with Gasteiger partial charge in [-0.15, -0.1) is 6.42 Å². The average molecular weight is 953 g/mol. The van der Waals surface area contributed by atoms with Crippen molar-refractivity contribution in [2.75, 3.05) is 34.5 Å². The summed E-state index contributed by atoms with van der Waals surface area (Å²) >= 11 is 0. The summed E-state index contributed by atoms with van der Waals surface area (Å²) in [5, 5.41) is 38.8. The maximum Gasteiger partial charge on any atom is 0.329 e. The van der Waals surface area contributed by atoms with E-state index >= 15 is 0 Å². The second-order valence-electron chi connectivity index (χ2n) is 20.3. The molecule has 15 atom stereocenters. The number of amides is 1. The Balaban J connectivity index is 1.72. The molecule has 1 amide bonds. The van der Waals surface area contributed by atoms with Gasteiger partial charge in [-0.05, 0) is 126 Å². The molecule has 0 aromatic carbocycles. The van der Waals surface area contributed by atoms with Crippen LogP contribution < -0.4 is 0 Å². The zero-order chi connectivity index (χ0) is 50.1. The highest BCUT2D eigenvalue weighted by Gasteiger charge is 2.53. The Morgan fingerprint density at radius 2 is 1.63 bits per heavy atom. The molecule has 0 spiro atoms. The van der Waals surface area contributed by atoms with E-state index in [1.807, 2.05) is 58.1 Å². The molecule has 382 valence electrons. The summed E-state index contributed by atoms with van der Waals surface area (Å²) in [6.45, 7) is 13.9. The average Bonchev–Trinajstić information content (AvgIpc) is 3.32. The van der Waals surface area contributed by atoms with Crippen LogP contribution >= 0.6 is 0 Å². The summed E-state index contributed by atoms with van der Waals surface area (Å²) in [6, 6.07) is -1.02. The van der Waals surface area contributed by atoms with Gasteiger partial charge in [0.15, 0.2) is 6.61 Å². The Kier molecular flexibility index (Phi) is 23.1. The molecule has 0 aromatic rings. The third-order valence-corrected chi connectivity index (χ3v) is 14.9. The Morgan fingerprint density at radius 1 is 0.882 bits per heavy atom. The minimum Gasteiger partial charge on any atom is -0.461 e. The first kappa shape index (κ1) is 56.9. The summed E-state index contributed by atoms with van der Waals surface area (Å²) < 4.78 is 30.1. The van der Waals surface area contributed by atoms with E-state index in [-0.39, 0.29) is 48.8 Å². The normalized spacial score (nSPS) is 39.5. The fourth-order valence-corrected chi connectivity index (χ4v) is 10.6. The molecule has 3 aliphatic heterocycles. The number of ether oxygens (including phenoxy) is 5. The van der Waals surface area contributed by atoms with Gasteiger partial charge in [-0.25, -0.2) is 4.79 Å². The predicted molar refractivity (Wildman–Crippen MR) is 262 cm³/mol. The maximum atomic E-state index is 14.5. The molecule has 68 heavy (non-hydrogen) atoms. The lowest BCUT2D eigenvalue weighted by atomic mass is 9.78. The molecule has 3 N–H and O–H groups in total. The SMILES string of the molecule is C#CCO/N=C1\[C@H](C)C[C@H](C)/C=C/C=C/C=C(\C)[C@@H](OC)C[C@@H]2CC[C@@H](C)[C@@](O)(O2)C(=O)C(=O)N2CCCC[C@H]2C(=O)O[C@H]([C@H](C)C[C@@H]2CC[C@@H](O)[C@H](OC)C2)CC[C@H](C)/C=C(\C)[C@@H](O)[C@H]1OC. The minimum absolute atomic E-state index is 0.0339. The molecule has 3 heterocycles. The van der Waals surface area contributed by atoms with E-state index < -0.39 is 72.0 Å². The van der Waals surface area contributed by atoms with Gasteiger partial charge >= 0.3 is 5.97 Å². The number of oxime groups is 1. The number of nitrogens with zero attached hydrogens (tertiary/aromatic N) is 2. The maximum absolute atomic E-state index is 14.5. The third-order valence-electron chi connectivity index (χ3n) is 14.9. The second-order valence-corrected chi connectivity index (χ2v) is 20.3. The van der Waals surface area contributed by atoms with Crippen molar-refractivity contribution in [3.8, 4) is 12.3 Å². The first-order chi connectivity index (χ1) is 32.4. The lowest BCUT2D eigenvalue weighted by molar-refractivity contribution is -0.265. The monoisotopic (exact) mass is 953 g/mol. The number of hydrogen-bond donors (Lipinski definition) is 3. The van der Waals surface area contributed by atoms with Gasteiger partial charge in [-0.1, -0.05) is 82.2 Å². The van der Waals surface area contributed by atoms with E-state index in [1.165, 1.54) is 12.0 Å². The van der Waals surface area contributed by atoms with Crippen molar-refractivity contribution in [3.05, 3.63) is 47.6 Å². The molecule has 14 heteroatoms. The molecule has 2 saturated heterocycles. The van der Waals surface area contributed by atoms with Crippen molar-refractivity contribution in [3.63, 3.8) is 0 Å². The van der Waals surface area contributed by atoms with Crippen LogP contribution in [0.3, 0.4) is 0 Å². The topological polar surface area (TPSA) is 183 Å². The first-order valence-electron chi connectivity index (χ1n) is 25.1. The van der Waals surface area contributed by atoms with Crippen LogP contribution in [0, 0.1) is 47.9 Å². The molecule has 0 aromatic heterocycles. The van der Waals surface area contributed by atoms with Gasteiger partial charge in [0.25, 0.3) is 11.7 Å². The van der Waals surface area contributed by atoms with Crippen LogP contribution in [0.25, 0.3) is 0 Å². The third kappa shape index (κ3) is 15.7. The van der Waals surface area contributed by atoms with Gasteiger partial charge in [0, 0.05) is 46.1 Å². The van der Waals surface area contributed by atoms with Gasteiger partial charge in [-0.3, -0.25) is 9.59 Å². The lowest BCUT2D eigenvalue weighted by Gasteiger charge is -2.42. The Morgan fingerprint density at radius 3 is 2.32 bits per heavy atom. The number of aliphatic hydroxyl groups excluding tert-OH is 2. The molecular formula is C54H84N2O12. The van der Waals surface area contributed by atoms with E-state index in [0.29, 0.717) is 81.9 Å². The number of carbonyl (C=O) groups excluding carboxylic acids is 3. The minimum atomic E-state index is -2.38. The van der Waals surface area contributed by atoms with Crippen molar-refractivity contribution in [2.45, 2.75) is 186 Å². The summed E-state index contributed by atoms with van der Waals surface area (Å²) in [5.74, 6) is -3.19. The largest absolute Gasteiger partial charge is 0.461 e. The summed E-state index contributed by atoms with van der Waals surface area (Å²) in [7, 11) is 4.75. The highest BCUT2D eigenvalue weighted by Crippen LogP contribution is 2.38. The van der Waals surface area contributed by atoms with E-state index in [9.17, 15) is 29.7 Å². The van der Waals surface area contributed by atoms with Crippen molar-refractivity contribution < 1.29 is 58.2 Å². The fourth-order valence-electron chi connectivity index (χ4n) is 10.6. The molecule has 1 aliphatic carbocycles. The van der Waals surface area contributed by atoms with Crippen molar-refractivity contribution in [1.29, 1.82) is 0 Å². The quantitative estimate of drug-likeness (QED) is 0.0547. The Hall–Kier alpha value is -3.68. The summed E-state index contributed by atoms with van der Waals surface area (Å²) in [4.78, 5) is 49.8. The fraction of sp³-hybridized carbons (Fsp3) is 0.741. The number of aliphatic hydroxyl groups is 3. The molecule has 4 aliphatic rings. The standard InChI is InChI=1S/C54H84N2O12/c1-12-28-66-55-48-38(6)29-34(2)18-14-13-15-19-36(4)46(63-9)33-42-24-22-40(8)54(62,68-42)51(59)52(60)56-27-17-16-20-43(56)53(61)67-45(26-21-35(3)30-39(7)49(58)50(48)65-11)37(5)31-41-23-25-44(57)47(32-41)64-10/h1,13-15,18-19,30,34-35,37-38,40-47,49-50,57-58,62H,16-17,20-29,31-33H2,2-11H3/b15-13+,18-14+,36-19+,39-30+,55-48+/t34-,35+,37-,38-,40-,41+,42+,43+,44-,45+,46+,47-,49-,50+,54-/m1/s1. The second kappa shape index (κ2) is 27.6. The number of hydrogen-bond acceptors (Lipinski definition) is 13. The number of Topliss-reactive ketones (excluding diaryl/α,β-unsaturated/α-hetero) is 1. The van der Waals surface area contributed by atoms with Crippen LogP contribution in [-0.4, -0.2) is 133 Å². The van der Waals surface area contributed by atoms with E-state index in [0.717, 1.165) is 18.4 Å². The van der Waals surface area contributed by atoms with Crippen LogP contribution in [0.1, 0.15) is 132 Å². The van der Waals surface area contributed by atoms with E-state index in [2.05, 4.69) is 31.0 Å². The number of carbonyl (C=O) groups is 3. The highest BCUT2D eigenvalue weighted by atomic mass is 16.6. The van der Waals surface area contributed by atoms with Crippen LogP contribution in [0.4, 0.5) is 0 Å². The van der Waals surface area contributed by atoms with Gasteiger partial charge < -0.3 is 48.7 Å². The summed E-state index contributed by atoms with van der Waals surface area (Å²) in [6.07, 6.45) is 20.7. The molecule has 0 radical (unpaired) electrons. The Labute approximate surface area is 406 Å². The van der Waals surface area contributed by atoms with Crippen molar-refractivity contribution >= 4 is 23.4 Å². The Bertz CT molecular complexity index is 1840. The predicted octanol–water partition coefficient (Wildman–Crippen LogP) is 7.44. The van der Waals surface area contributed by atoms with E-state index in [4.69, 9.17) is 34.9 Å². The highest BCUT2D eigenvalue weighted by molar-refractivity contribution is 6.39. The van der Waals surface area contributed by atoms with Gasteiger partial charge in [-0.2, -0.15) is 0 Å². The number of methoxy groups -OCH3 is 3. The molecule has 2 bridgehead atoms. The number of terminal acetylenes is 1. The number of allylic oxidation sites excluding steroid dienone is 6. The number of fused-ring (bicyclic) bond motifs is 3. The first-order valence-corrected chi connectivity index (χ1v) is 25.1. The molecule has 1 saturated carbocycles. The lowest BCUT2D eigenvalue weighted by Crippen LogP contribution is -2.61. The number of ketones is 1. The number of rotatable bonds is 8.